The Balaban J connectivity index is 0.00000211. The number of nitrogens with zero attached hydrogens (tertiary/aromatic N) is 2. The Labute approximate surface area is 290 Å². The third-order valence-electron chi connectivity index (χ3n) is 6.88. The molecule has 0 atom stereocenters. The largest absolute Gasteiger partial charge is 2.00 e. The van der Waals surface area contributed by atoms with Gasteiger partial charge in [-0.3, -0.25) is 9.98 Å². The zero-order valence-electron chi connectivity index (χ0n) is 29.7. The summed E-state index contributed by atoms with van der Waals surface area (Å²) in [5.74, 6) is -1.26. The Morgan fingerprint density at radius 3 is 1.17 bits per heavy atom. The van der Waals surface area contributed by atoms with Crippen molar-refractivity contribution >= 4 is 35.7 Å². The van der Waals surface area contributed by atoms with Crippen LogP contribution < -0.4 is 10.2 Å². The molecule has 3 aromatic rings. The van der Waals surface area contributed by atoms with Crippen LogP contribution in [0.15, 0.2) is 58.5 Å². The van der Waals surface area contributed by atoms with Crippen molar-refractivity contribution in [2.75, 3.05) is 0 Å². The van der Waals surface area contributed by atoms with Crippen molar-refractivity contribution in [1.29, 1.82) is 0 Å². The molecule has 0 fully saturated rings. The van der Waals surface area contributed by atoms with Crippen LogP contribution in [0.4, 0.5) is 11.4 Å². The quantitative estimate of drug-likeness (QED) is 0.268. The molecule has 3 rings (SSSR count). The summed E-state index contributed by atoms with van der Waals surface area (Å²) in [5.41, 5.74) is 6.79. The second-order valence-corrected chi connectivity index (χ2v) is 13.8. The van der Waals surface area contributed by atoms with Gasteiger partial charge in [0.1, 0.15) is 11.5 Å². The number of aliphatic carboxylic acids is 2. The molecule has 0 amide bonds. The molecule has 2 N–H and O–H groups in total. The minimum Gasteiger partial charge on any atom is -0.550 e. The van der Waals surface area contributed by atoms with Gasteiger partial charge in [-0.15, -0.1) is 0 Å². The topological polar surface area (TPSA) is 145 Å². The van der Waals surface area contributed by atoms with Crippen LogP contribution >= 0.6 is 0 Å². The van der Waals surface area contributed by atoms with Gasteiger partial charge in [0.2, 0.25) is 0 Å². The second-order valence-electron chi connectivity index (χ2n) is 13.8. The van der Waals surface area contributed by atoms with Gasteiger partial charge in [-0.1, -0.05) is 93.5 Å². The van der Waals surface area contributed by atoms with Gasteiger partial charge < -0.3 is 30.0 Å². The smallest absolute Gasteiger partial charge is 0.550 e. The van der Waals surface area contributed by atoms with Gasteiger partial charge in [-0.25, -0.2) is 0 Å². The van der Waals surface area contributed by atoms with Gasteiger partial charge in [-0.2, -0.15) is 0 Å². The molecule has 0 bridgehead atoms. The molecular weight excluding hydrogens is 639 g/mol. The molecule has 0 aliphatic heterocycles. The number of carboxylic acid groups (broad SMARTS) is 2. The summed E-state index contributed by atoms with van der Waals surface area (Å²) in [7, 11) is 0. The first-order valence-corrected chi connectivity index (χ1v) is 15.3. The van der Waals surface area contributed by atoms with E-state index in [4.69, 9.17) is 29.8 Å². The molecule has 0 aromatic heterocycles. The van der Waals surface area contributed by atoms with E-state index in [2.05, 4.69) is 81.4 Å². The van der Waals surface area contributed by atoms with Crippen molar-refractivity contribution in [1.82, 2.24) is 0 Å². The molecule has 0 heterocycles. The maximum atomic E-state index is 11.0. The van der Waals surface area contributed by atoms with Gasteiger partial charge in [-0.05, 0) is 83.0 Å². The van der Waals surface area contributed by atoms with Crippen LogP contribution in [0.1, 0.15) is 128 Å². The molecule has 0 saturated carbocycles. The molecule has 0 spiro atoms. The fraction of sp³-hybridized carbons (Fsp3) is 0.421. The predicted octanol–water partition coefficient (Wildman–Crippen LogP) is 6.95. The molecule has 0 unspecified atom stereocenters. The van der Waals surface area contributed by atoms with E-state index in [9.17, 15) is 10.2 Å². The van der Waals surface area contributed by atoms with Crippen LogP contribution in [0.3, 0.4) is 0 Å². The van der Waals surface area contributed by atoms with Crippen LogP contribution in [0, 0.1) is 0 Å². The van der Waals surface area contributed by atoms with Crippen molar-refractivity contribution in [3.8, 4) is 11.5 Å². The first-order chi connectivity index (χ1) is 21.1. The number of hydrogen-bond acceptors (Lipinski definition) is 8. The van der Waals surface area contributed by atoms with Crippen LogP contribution in [0.5, 0.6) is 11.5 Å². The summed E-state index contributed by atoms with van der Waals surface area (Å²) < 4.78 is 0. The fourth-order valence-electron chi connectivity index (χ4n) is 4.26. The fourth-order valence-corrected chi connectivity index (χ4v) is 4.26. The molecule has 257 valence electrons. The number of benzene rings is 3. The summed E-state index contributed by atoms with van der Waals surface area (Å²) in [6, 6.07) is 15.9. The summed E-state index contributed by atoms with van der Waals surface area (Å²) >= 11 is 0. The van der Waals surface area contributed by atoms with Gasteiger partial charge in [0.05, 0.1) is 11.4 Å². The van der Waals surface area contributed by atoms with Crippen LogP contribution in [-0.2, 0) is 37.2 Å². The molecule has 9 heteroatoms. The first kappa shape index (κ1) is 43.0. The van der Waals surface area contributed by atoms with E-state index in [1.54, 1.807) is 12.4 Å². The van der Waals surface area contributed by atoms with E-state index in [1.807, 2.05) is 36.4 Å². The Hall–Kier alpha value is -3.95. The van der Waals surface area contributed by atoms with Gasteiger partial charge >= 0.3 is 16.8 Å². The minimum absolute atomic E-state index is 0. The second kappa shape index (κ2) is 18.4. The molecular formula is C38H50CoN2O6. The third-order valence-corrected chi connectivity index (χ3v) is 6.88. The van der Waals surface area contributed by atoms with E-state index in [0.29, 0.717) is 22.5 Å². The van der Waals surface area contributed by atoms with Crippen molar-refractivity contribution < 1.29 is 46.8 Å². The summed E-state index contributed by atoms with van der Waals surface area (Å²) in [5, 5.41) is 39.8. The summed E-state index contributed by atoms with van der Waals surface area (Å²) in [4.78, 5) is 27.3. The van der Waals surface area contributed by atoms with Crippen molar-refractivity contribution in [2.45, 2.75) is 106 Å². The zero-order valence-corrected chi connectivity index (χ0v) is 30.7. The maximum Gasteiger partial charge on any atom is 2.00 e. The van der Waals surface area contributed by atoms with Crippen LogP contribution in [-0.4, -0.2) is 34.6 Å². The number of carbonyl (C=O) groups is 2. The molecule has 47 heavy (non-hydrogen) atoms. The predicted molar refractivity (Wildman–Crippen MR) is 184 cm³/mol. The number of hydrogen-bond donors (Lipinski definition) is 2. The van der Waals surface area contributed by atoms with Gasteiger partial charge in [0, 0.05) is 35.5 Å². The Bertz CT molecular complexity index is 1440. The number of phenolic OH excluding ortho intramolecular Hbond substituents is 2. The zero-order chi connectivity index (χ0) is 35.6. The molecule has 0 aliphatic rings. The van der Waals surface area contributed by atoms with Crippen LogP contribution in [0.25, 0.3) is 0 Å². The standard InChI is InChI=1S/C34H44N2O2.2C2H4O2.Co/c1-21(2)27-17-25(33(5,6)7)15-23(31(27)37)19-35-29-13-11-12-14-30(29)36-20-24-16-26(34(8,9)10)18-28(22(3)4)32(24)38;2*1-2(3)4;/h11-22,37-38H,1-10H3;2*1H3,(H,3,4);/q;;;+2/p-2. The Morgan fingerprint density at radius 2 is 0.936 bits per heavy atom. The Morgan fingerprint density at radius 1 is 0.660 bits per heavy atom. The molecule has 1 radical (unpaired) electrons. The molecule has 8 nitrogen and oxygen atoms in total. The average molecular weight is 690 g/mol. The summed E-state index contributed by atoms with van der Waals surface area (Å²) in [6.45, 7) is 23.3. The van der Waals surface area contributed by atoms with Crippen molar-refractivity contribution in [3.05, 3.63) is 81.9 Å². The monoisotopic (exact) mass is 689 g/mol. The number of aliphatic imine (C=N–C) groups is 2. The van der Waals surface area contributed by atoms with E-state index >= 15 is 0 Å². The van der Waals surface area contributed by atoms with E-state index in [-0.39, 0.29) is 50.9 Å². The van der Waals surface area contributed by atoms with Crippen LogP contribution in [0.2, 0.25) is 0 Å². The third kappa shape index (κ3) is 14.1. The maximum absolute atomic E-state index is 11.0. The average Bonchev–Trinajstić information content (AvgIpc) is 2.90. The van der Waals surface area contributed by atoms with E-state index in [0.717, 1.165) is 36.1 Å². The molecule has 3 aromatic carbocycles. The van der Waals surface area contributed by atoms with E-state index in [1.165, 1.54) is 0 Å². The number of aromatic hydroxyl groups is 2. The number of carboxylic acids is 2. The number of para-hydroxylation sites is 2. The van der Waals surface area contributed by atoms with Gasteiger partial charge in [0.15, 0.2) is 0 Å². The molecule has 0 aliphatic carbocycles. The summed E-state index contributed by atoms with van der Waals surface area (Å²) in [6.07, 6.45) is 3.44. The minimum atomic E-state index is -1.08. The van der Waals surface area contributed by atoms with Crippen molar-refractivity contribution in [2.24, 2.45) is 9.98 Å². The number of carbonyl (C=O) groups excluding carboxylic acids is 2. The SMILES string of the molecule is CC(=O)[O-].CC(=O)[O-].CC(C)c1cc(C(C)(C)C)cc(C=Nc2ccccc2N=Cc2cc(C(C)(C)C)cc(C(C)C)c2O)c1O.[Co+2]. The normalized spacial score (nSPS) is 11.5. The Kier molecular flexibility index (Phi) is 16.9. The molecule has 0 saturated heterocycles. The van der Waals surface area contributed by atoms with Crippen molar-refractivity contribution in [3.63, 3.8) is 0 Å². The van der Waals surface area contributed by atoms with E-state index < -0.39 is 11.9 Å². The number of phenols is 2. The number of rotatable bonds is 6. The first-order valence-electron chi connectivity index (χ1n) is 15.3. The van der Waals surface area contributed by atoms with Gasteiger partial charge in [0.25, 0.3) is 0 Å².